The number of rotatable bonds is 6. The summed E-state index contributed by atoms with van der Waals surface area (Å²) < 4.78 is 5.80. The molecule has 0 saturated carbocycles. The number of morpholine rings is 1. The van der Waals surface area contributed by atoms with E-state index in [0.29, 0.717) is 12.5 Å². The van der Waals surface area contributed by atoms with Gasteiger partial charge in [0.2, 0.25) is 5.91 Å². The summed E-state index contributed by atoms with van der Waals surface area (Å²) in [6.45, 7) is 12.7. The number of nitrogens with one attached hydrogen (secondary N) is 1. The fourth-order valence-corrected chi connectivity index (χ4v) is 3.00. The van der Waals surface area contributed by atoms with E-state index in [4.69, 9.17) is 4.74 Å². The van der Waals surface area contributed by atoms with E-state index in [2.05, 4.69) is 24.1 Å². The quantitative estimate of drug-likeness (QED) is 0.876. The van der Waals surface area contributed by atoms with E-state index in [1.807, 2.05) is 44.2 Å². The minimum atomic E-state index is -0.534. The Morgan fingerprint density at radius 2 is 2.04 bits per heavy atom. The van der Waals surface area contributed by atoms with E-state index >= 15 is 0 Å². The molecule has 0 spiro atoms. The van der Waals surface area contributed by atoms with Gasteiger partial charge in [-0.1, -0.05) is 44.2 Å². The van der Waals surface area contributed by atoms with Crippen LogP contribution < -0.4 is 5.32 Å². The third-order valence-corrected chi connectivity index (χ3v) is 4.40. The first-order chi connectivity index (χ1) is 10.9. The molecule has 1 aliphatic rings. The van der Waals surface area contributed by atoms with E-state index < -0.39 is 5.41 Å². The van der Waals surface area contributed by atoms with Gasteiger partial charge >= 0.3 is 0 Å². The molecule has 1 aliphatic heterocycles. The lowest BCUT2D eigenvalue weighted by Crippen LogP contribution is -2.50. The molecular weight excluding hydrogens is 288 g/mol. The molecule has 1 amide bonds. The van der Waals surface area contributed by atoms with Crippen molar-refractivity contribution in [3.8, 4) is 0 Å². The van der Waals surface area contributed by atoms with Crippen LogP contribution in [0.25, 0.3) is 0 Å². The maximum Gasteiger partial charge on any atom is 0.230 e. The van der Waals surface area contributed by atoms with Crippen molar-refractivity contribution in [1.29, 1.82) is 0 Å². The summed E-state index contributed by atoms with van der Waals surface area (Å²) >= 11 is 0. The summed E-state index contributed by atoms with van der Waals surface area (Å²) in [7, 11) is 0. The second-order valence-electron chi connectivity index (χ2n) is 7.35. The van der Waals surface area contributed by atoms with Gasteiger partial charge in [0.15, 0.2) is 0 Å². The molecule has 1 N–H and O–H groups in total. The van der Waals surface area contributed by atoms with Crippen LogP contribution in [0.4, 0.5) is 0 Å². The average Bonchev–Trinajstić information content (AvgIpc) is 2.53. The Morgan fingerprint density at radius 3 is 2.70 bits per heavy atom. The molecule has 0 unspecified atom stereocenters. The van der Waals surface area contributed by atoms with Crippen molar-refractivity contribution in [2.45, 2.75) is 39.2 Å². The molecule has 1 aromatic rings. The molecule has 1 fully saturated rings. The first-order valence-electron chi connectivity index (χ1n) is 8.57. The Morgan fingerprint density at radius 1 is 1.35 bits per heavy atom. The monoisotopic (exact) mass is 318 g/mol. The van der Waals surface area contributed by atoms with Crippen molar-refractivity contribution in [2.75, 3.05) is 32.8 Å². The van der Waals surface area contributed by atoms with Gasteiger partial charge in [-0.3, -0.25) is 9.69 Å². The van der Waals surface area contributed by atoms with Gasteiger partial charge < -0.3 is 10.1 Å². The number of ether oxygens (including phenoxy) is 1. The molecule has 23 heavy (non-hydrogen) atoms. The first kappa shape index (κ1) is 18.0. The van der Waals surface area contributed by atoms with E-state index in [-0.39, 0.29) is 12.0 Å². The Labute approximate surface area is 140 Å². The molecule has 0 aromatic heterocycles. The molecule has 1 saturated heterocycles. The van der Waals surface area contributed by atoms with Crippen LogP contribution in [0.1, 0.15) is 33.3 Å². The molecule has 128 valence electrons. The van der Waals surface area contributed by atoms with Crippen LogP contribution in [-0.4, -0.2) is 49.7 Å². The summed E-state index contributed by atoms with van der Waals surface area (Å²) in [5.74, 6) is 0.702. The fraction of sp³-hybridized carbons (Fsp3) is 0.632. The predicted octanol–water partition coefficient (Wildman–Crippen LogP) is 2.44. The molecular formula is C19H30N2O2. The summed E-state index contributed by atoms with van der Waals surface area (Å²) in [6, 6.07) is 9.91. The predicted molar refractivity (Wildman–Crippen MR) is 93.5 cm³/mol. The number of hydrogen-bond donors (Lipinski definition) is 1. The van der Waals surface area contributed by atoms with Gasteiger partial charge in [-0.15, -0.1) is 0 Å². The lowest BCUT2D eigenvalue weighted by atomic mass is 9.84. The molecule has 0 bridgehead atoms. The SMILES string of the molecule is CC(C)CN1CCO[C@@H](CNC(=O)C(C)(C)c2ccccc2)C1. The summed E-state index contributed by atoms with van der Waals surface area (Å²) in [6.07, 6.45) is 0.0815. The highest BCUT2D eigenvalue weighted by Gasteiger charge is 2.30. The zero-order valence-corrected chi connectivity index (χ0v) is 14.8. The Hall–Kier alpha value is -1.39. The summed E-state index contributed by atoms with van der Waals surface area (Å²) in [5, 5.41) is 3.07. The zero-order valence-electron chi connectivity index (χ0n) is 14.8. The van der Waals surface area contributed by atoms with Crippen LogP contribution in [0.15, 0.2) is 30.3 Å². The minimum Gasteiger partial charge on any atom is -0.374 e. The molecule has 0 aliphatic carbocycles. The first-order valence-corrected chi connectivity index (χ1v) is 8.57. The van der Waals surface area contributed by atoms with Crippen LogP contribution in [0.5, 0.6) is 0 Å². The molecule has 1 aromatic carbocycles. The van der Waals surface area contributed by atoms with Gasteiger partial charge in [-0.25, -0.2) is 0 Å². The van der Waals surface area contributed by atoms with E-state index in [1.165, 1.54) is 0 Å². The molecule has 2 rings (SSSR count). The highest BCUT2D eigenvalue weighted by atomic mass is 16.5. The number of nitrogens with zero attached hydrogens (tertiary/aromatic N) is 1. The number of carbonyl (C=O) groups excluding carboxylic acids is 1. The van der Waals surface area contributed by atoms with E-state index in [0.717, 1.165) is 31.8 Å². The van der Waals surface area contributed by atoms with Crippen molar-refractivity contribution in [3.05, 3.63) is 35.9 Å². The highest BCUT2D eigenvalue weighted by molar-refractivity contribution is 5.87. The maximum atomic E-state index is 12.6. The van der Waals surface area contributed by atoms with Crippen molar-refractivity contribution in [1.82, 2.24) is 10.2 Å². The molecule has 4 nitrogen and oxygen atoms in total. The fourth-order valence-electron chi connectivity index (χ4n) is 3.00. The summed E-state index contributed by atoms with van der Waals surface area (Å²) in [4.78, 5) is 15.0. The van der Waals surface area contributed by atoms with Crippen molar-refractivity contribution in [2.24, 2.45) is 5.92 Å². The second kappa shape index (κ2) is 7.93. The number of amides is 1. The largest absolute Gasteiger partial charge is 0.374 e. The van der Waals surface area contributed by atoms with Crippen molar-refractivity contribution >= 4 is 5.91 Å². The van der Waals surface area contributed by atoms with Crippen LogP contribution in [0.2, 0.25) is 0 Å². The average molecular weight is 318 g/mol. The summed E-state index contributed by atoms with van der Waals surface area (Å²) in [5.41, 5.74) is 0.497. The smallest absolute Gasteiger partial charge is 0.230 e. The number of hydrogen-bond acceptors (Lipinski definition) is 3. The van der Waals surface area contributed by atoms with Crippen LogP contribution >= 0.6 is 0 Å². The van der Waals surface area contributed by atoms with E-state index in [1.54, 1.807) is 0 Å². The second-order valence-corrected chi connectivity index (χ2v) is 7.35. The standard InChI is InChI=1S/C19H30N2O2/c1-15(2)13-21-10-11-23-17(14-21)12-20-18(22)19(3,4)16-8-6-5-7-9-16/h5-9,15,17H,10-14H2,1-4H3,(H,20,22)/t17-/m0/s1. The normalized spacial score (nSPS) is 19.8. The number of carbonyl (C=O) groups is 1. The third-order valence-electron chi connectivity index (χ3n) is 4.40. The van der Waals surface area contributed by atoms with Gasteiger partial charge in [0.05, 0.1) is 18.1 Å². The van der Waals surface area contributed by atoms with Gasteiger partial charge in [-0.2, -0.15) is 0 Å². The van der Waals surface area contributed by atoms with Gasteiger partial charge in [0.25, 0.3) is 0 Å². The number of benzene rings is 1. The Bertz CT molecular complexity index is 499. The maximum absolute atomic E-state index is 12.6. The Balaban J connectivity index is 1.86. The lowest BCUT2D eigenvalue weighted by Gasteiger charge is -2.34. The molecule has 1 atom stereocenters. The van der Waals surface area contributed by atoms with Gasteiger partial charge in [0.1, 0.15) is 0 Å². The van der Waals surface area contributed by atoms with Crippen LogP contribution in [0.3, 0.4) is 0 Å². The van der Waals surface area contributed by atoms with Gasteiger partial charge in [0, 0.05) is 26.2 Å². The van der Waals surface area contributed by atoms with Gasteiger partial charge in [-0.05, 0) is 25.3 Å². The Kier molecular flexibility index (Phi) is 6.19. The van der Waals surface area contributed by atoms with Crippen molar-refractivity contribution < 1.29 is 9.53 Å². The molecule has 0 radical (unpaired) electrons. The van der Waals surface area contributed by atoms with Crippen LogP contribution in [-0.2, 0) is 14.9 Å². The van der Waals surface area contributed by atoms with E-state index in [9.17, 15) is 4.79 Å². The topological polar surface area (TPSA) is 41.6 Å². The molecule has 4 heteroatoms. The molecule has 1 heterocycles. The van der Waals surface area contributed by atoms with Crippen molar-refractivity contribution in [3.63, 3.8) is 0 Å². The lowest BCUT2D eigenvalue weighted by molar-refractivity contribution is -0.126. The highest BCUT2D eigenvalue weighted by Crippen LogP contribution is 2.23. The zero-order chi connectivity index (χ0) is 16.9. The third kappa shape index (κ3) is 5.05. The van der Waals surface area contributed by atoms with Crippen LogP contribution in [0, 0.1) is 5.92 Å². The minimum absolute atomic E-state index is 0.0493.